The minimum absolute atomic E-state index is 0.0526. The van der Waals surface area contributed by atoms with E-state index in [9.17, 15) is 9.59 Å². The number of benzene rings is 1. The van der Waals surface area contributed by atoms with E-state index in [1.807, 2.05) is 31.2 Å². The second kappa shape index (κ2) is 7.73. The lowest BCUT2D eigenvalue weighted by molar-refractivity contribution is 0.0925. The Kier molecular flexibility index (Phi) is 5.13. The Morgan fingerprint density at radius 1 is 1.17 bits per heavy atom. The molecule has 2 aromatic rings. The summed E-state index contributed by atoms with van der Waals surface area (Å²) in [5.41, 5.74) is 7.23. The van der Waals surface area contributed by atoms with Crippen LogP contribution < -0.4 is 20.7 Å². The van der Waals surface area contributed by atoms with Crippen molar-refractivity contribution >= 4 is 17.6 Å². The molecule has 1 aromatic heterocycles. The number of fused-ring (bicyclic) bond motifs is 2. The Morgan fingerprint density at radius 3 is 2.48 bits per heavy atom. The van der Waals surface area contributed by atoms with E-state index in [0.29, 0.717) is 23.2 Å². The van der Waals surface area contributed by atoms with Gasteiger partial charge in [-0.1, -0.05) is 6.07 Å². The summed E-state index contributed by atoms with van der Waals surface area (Å²) in [5.74, 6) is 1.07. The van der Waals surface area contributed by atoms with Gasteiger partial charge >= 0.3 is 0 Å². The first-order valence-corrected chi connectivity index (χ1v) is 9.96. The predicted molar refractivity (Wildman–Crippen MR) is 110 cm³/mol. The van der Waals surface area contributed by atoms with Gasteiger partial charge in [0.25, 0.3) is 5.91 Å². The molecule has 3 N–H and O–H groups in total. The van der Waals surface area contributed by atoms with Gasteiger partial charge in [0.15, 0.2) is 0 Å². The Hall–Kier alpha value is -3.09. The molecule has 2 unspecified atom stereocenters. The summed E-state index contributed by atoms with van der Waals surface area (Å²) >= 11 is 0. The smallest absolute Gasteiger partial charge is 0.251 e. The second-order valence-corrected chi connectivity index (χ2v) is 7.84. The second-order valence-electron chi connectivity index (χ2n) is 7.84. The van der Waals surface area contributed by atoms with Gasteiger partial charge in [0.2, 0.25) is 5.91 Å². The van der Waals surface area contributed by atoms with Gasteiger partial charge in [0, 0.05) is 35.4 Å². The third-order valence-electron chi connectivity index (χ3n) is 6.11. The van der Waals surface area contributed by atoms with Crippen molar-refractivity contribution in [3.05, 3.63) is 53.2 Å². The summed E-state index contributed by atoms with van der Waals surface area (Å²) < 4.78 is 5.33. The van der Waals surface area contributed by atoms with Crippen molar-refractivity contribution in [2.75, 3.05) is 12.0 Å². The standard InChI is InChI=1S/C22H26N4O3/c1-13-18(4-3-5-19(13)29-2)22(28)25-15-10-16-7-8-17(11-15)26(16)20-9-6-14(12-24-20)21(23)27/h3-6,9,12,15-17H,7-8,10-11H2,1-2H3,(H2,23,27)(H,25,28). The first kappa shape index (κ1) is 19.2. The molecule has 0 radical (unpaired) electrons. The molecule has 2 aliphatic heterocycles. The minimum Gasteiger partial charge on any atom is -0.496 e. The van der Waals surface area contributed by atoms with Gasteiger partial charge in [-0.25, -0.2) is 4.98 Å². The molecule has 2 amide bonds. The van der Waals surface area contributed by atoms with Gasteiger partial charge in [-0.05, 0) is 56.9 Å². The summed E-state index contributed by atoms with van der Waals surface area (Å²) in [5, 5.41) is 3.22. The van der Waals surface area contributed by atoms with Gasteiger partial charge in [-0.3, -0.25) is 9.59 Å². The van der Waals surface area contributed by atoms with Crippen LogP contribution >= 0.6 is 0 Å². The first-order chi connectivity index (χ1) is 14.0. The average Bonchev–Trinajstić information content (AvgIpc) is 2.98. The molecule has 4 rings (SSSR count). The van der Waals surface area contributed by atoms with Crippen molar-refractivity contribution in [1.82, 2.24) is 10.3 Å². The van der Waals surface area contributed by atoms with Gasteiger partial charge in [-0.2, -0.15) is 0 Å². The molecular formula is C22H26N4O3. The zero-order valence-electron chi connectivity index (χ0n) is 16.7. The van der Waals surface area contributed by atoms with Crippen molar-refractivity contribution < 1.29 is 14.3 Å². The van der Waals surface area contributed by atoms with Crippen molar-refractivity contribution in [3.8, 4) is 5.75 Å². The van der Waals surface area contributed by atoms with Crippen LogP contribution in [0.15, 0.2) is 36.5 Å². The van der Waals surface area contributed by atoms with E-state index in [2.05, 4.69) is 15.2 Å². The number of nitrogens with one attached hydrogen (secondary N) is 1. The van der Waals surface area contributed by atoms with Gasteiger partial charge in [-0.15, -0.1) is 0 Å². The molecule has 0 saturated carbocycles. The lowest BCUT2D eigenvalue weighted by Gasteiger charge is -2.40. The maximum Gasteiger partial charge on any atom is 0.251 e. The third kappa shape index (κ3) is 3.64. The molecule has 1 aromatic carbocycles. The zero-order valence-corrected chi connectivity index (χ0v) is 16.7. The molecule has 7 heteroatoms. The molecule has 2 saturated heterocycles. The number of nitrogens with zero attached hydrogens (tertiary/aromatic N) is 2. The fourth-order valence-electron chi connectivity index (χ4n) is 4.70. The molecule has 7 nitrogen and oxygen atoms in total. The number of ether oxygens (including phenoxy) is 1. The van der Waals surface area contributed by atoms with E-state index in [4.69, 9.17) is 10.5 Å². The highest BCUT2D eigenvalue weighted by atomic mass is 16.5. The molecule has 2 aliphatic rings. The van der Waals surface area contributed by atoms with Crippen LogP contribution in [0, 0.1) is 6.92 Å². The lowest BCUT2D eigenvalue weighted by Crippen LogP contribution is -2.50. The van der Waals surface area contributed by atoms with Crippen molar-refractivity contribution in [2.24, 2.45) is 5.73 Å². The Balaban J connectivity index is 1.45. The molecule has 0 aliphatic carbocycles. The largest absolute Gasteiger partial charge is 0.496 e. The highest BCUT2D eigenvalue weighted by Crippen LogP contribution is 2.38. The van der Waals surface area contributed by atoms with Crippen LogP contribution in [0.4, 0.5) is 5.82 Å². The molecular weight excluding hydrogens is 368 g/mol. The summed E-state index contributed by atoms with van der Waals surface area (Å²) in [6.45, 7) is 1.90. The molecule has 3 heterocycles. The number of aromatic nitrogens is 1. The maximum atomic E-state index is 12.9. The number of nitrogens with two attached hydrogens (primary N) is 1. The van der Waals surface area contributed by atoms with Crippen molar-refractivity contribution in [3.63, 3.8) is 0 Å². The highest BCUT2D eigenvalue weighted by Gasteiger charge is 2.41. The average molecular weight is 394 g/mol. The number of carbonyl (C=O) groups excluding carboxylic acids is 2. The molecule has 2 fully saturated rings. The van der Waals surface area contributed by atoms with Crippen molar-refractivity contribution in [2.45, 2.75) is 50.7 Å². The van der Waals surface area contributed by atoms with Crippen LogP contribution in [0.3, 0.4) is 0 Å². The highest BCUT2D eigenvalue weighted by molar-refractivity contribution is 5.96. The van der Waals surface area contributed by atoms with Crippen LogP contribution in [-0.4, -0.2) is 42.0 Å². The Labute approximate surface area is 170 Å². The summed E-state index contributed by atoms with van der Waals surface area (Å²) in [6, 6.07) is 9.92. The fraction of sp³-hybridized carbons (Fsp3) is 0.409. The van der Waals surface area contributed by atoms with Crippen LogP contribution in [0.25, 0.3) is 0 Å². The van der Waals surface area contributed by atoms with Gasteiger partial charge in [0.05, 0.1) is 12.7 Å². The number of rotatable bonds is 5. The van der Waals surface area contributed by atoms with Crippen LogP contribution in [0.2, 0.25) is 0 Å². The number of pyridine rings is 1. The fourth-order valence-corrected chi connectivity index (χ4v) is 4.70. The number of hydrogen-bond donors (Lipinski definition) is 2. The van der Waals surface area contributed by atoms with E-state index in [0.717, 1.165) is 42.8 Å². The molecule has 0 spiro atoms. The number of anilines is 1. The summed E-state index contributed by atoms with van der Waals surface area (Å²) in [7, 11) is 1.61. The maximum absolute atomic E-state index is 12.9. The predicted octanol–water partition coefficient (Wildman–Crippen LogP) is 2.43. The first-order valence-electron chi connectivity index (χ1n) is 9.96. The van der Waals surface area contributed by atoms with E-state index < -0.39 is 5.91 Å². The molecule has 2 atom stereocenters. The minimum atomic E-state index is -0.471. The third-order valence-corrected chi connectivity index (χ3v) is 6.11. The number of hydrogen-bond acceptors (Lipinski definition) is 5. The van der Waals surface area contributed by atoms with E-state index in [-0.39, 0.29) is 11.9 Å². The number of methoxy groups -OCH3 is 1. The SMILES string of the molecule is COc1cccc(C(=O)NC2CC3CCC(C2)N3c2ccc(C(N)=O)cn2)c1C. The number of primary amides is 1. The Bertz CT molecular complexity index is 914. The van der Waals surface area contributed by atoms with E-state index in [1.54, 1.807) is 13.2 Å². The normalized spacial score (nSPS) is 23.0. The summed E-state index contributed by atoms with van der Waals surface area (Å²) in [4.78, 5) is 30.9. The Morgan fingerprint density at radius 2 is 1.90 bits per heavy atom. The summed E-state index contributed by atoms with van der Waals surface area (Å²) in [6.07, 6.45) is 5.45. The van der Waals surface area contributed by atoms with Gasteiger partial charge in [0.1, 0.15) is 11.6 Å². The quantitative estimate of drug-likeness (QED) is 0.812. The van der Waals surface area contributed by atoms with Crippen molar-refractivity contribution in [1.29, 1.82) is 0 Å². The monoisotopic (exact) mass is 394 g/mol. The van der Waals surface area contributed by atoms with E-state index >= 15 is 0 Å². The number of carbonyl (C=O) groups is 2. The van der Waals surface area contributed by atoms with Gasteiger partial charge < -0.3 is 20.7 Å². The number of piperidine rings is 1. The topological polar surface area (TPSA) is 97.5 Å². The zero-order chi connectivity index (χ0) is 20.5. The molecule has 29 heavy (non-hydrogen) atoms. The molecule has 2 bridgehead atoms. The van der Waals surface area contributed by atoms with E-state index in [1.165, 1.54) is 6.20 Å². The van der Waals surface area contributed by atoms with Crippen LogP contribution in [0.1, 0.15) is 52.0 Å². The van der Waals surface area contributed by atoms with Crippen LogP contribution in [-0.2, 0) is 0 Å². The van der Waals surface area contributed by atoms with Crippen LogP contribution in [0.5, 0.6) is 5.75 Å². The number of amides is 2. The lowest BCUT2D eigenvalue weighted by atomic mass is 9.96. The molecule has 152 valence electrons.